The predicted molar refractivity (Wildman–Crippen MR) is 295 cm³/mol. The predicted octanol–water partition coefficient (Wildman–Crippen LogP) is 17.7. The van der Waals surface area contributed by atoms with E-state index in [0.717, 1.165) is 72.1 Å². The summed E-state index contributed by atoms with van der Waals surface area (Å²) in [5, 5.41) is 7.14. The van der Waals surface area contributed by atoms with Crippen molar-refractivity contribution in [2.75, 3.05) is 0 Å². The van der Waals surface area contributed by atoms with E-state index in [-0.39, 0.29) is 0 Å². The van der Waals surface area contributed by atoms with Crippen molar-refractivity contribution in [2.45, 2.75) is 6.92 Å². The maximum Gasteiger partial charge on any atom is 0.164 e. The molecule has 4 aromatic heterocycles. The number of furan rings is 1. The molecule has 5 nitrogen and oxygen atoms in total. The summed E-state index contributed by atoms with van der Waals surface area (Å²) in [5.41, 5.74) is 14.6. The first-order chi connectivity index (χ1) is 34.5. The maximum absolute atomic E-state index is 6.59. The molecule has 0 atom stereocenters. The molecule has 0 saturated heterocycles. The van der Waals surface area contributed by atoms with Gasteiger partial charge in [-0.05, 0) is 125 Å². The molecule has 0 radical (unpaired) electrons. The molecule has 13 rings (SSSR count). The number of nitrogens with zero attached hydrogens (tertiary/aromatic N) is 4. The number of fused-ring (bicyclic) bond motifs is 9. The van der Waals surface area contributed by atoms with Crippen LogP contribution in [0, 0.1) is 0 Å². The normalized spacial score (nSPS) is 12.2. The Balaban J connectivity index is 0.931. The molecule has 0 amide bonds. The first kappa shape index (κ1) is 41.2. The molecule has 0 aliphatic heterocycles. The van der Waals surface area contributed by atoms with Crippen LogP contribution in [0.15, 0.2) is 235 Å². The van der Waals surface area contributed by atoms with Crippen molar-refractivity contribution in [3.63, 3.8) is 0 Å². The summed E-state index contributed by atoms with van der Waals surface area (Å²) >= 11 is 1.85. The summed E-state index contributed by atoms with van der Waals surface area (Å²) in [4.78, 5) is 15.0. The molecule has 0 saturated carbocycles. The molecule has 0 aliphatic rings. The summed E-state index contributed by atoms with van der Waals surface area (Å²) in [6.45, 7) is 5.82. The smallest absolute Gasteiger partial charge is 0.164 e. The van der Waals surface area contributed by atoms with Gasteiger partial charge in [-0.25, -0.2) is 15.0 Å². The molecule has 330 valence electrons. The second-order valence-electron chi connectivity index (χ2n) is 17.7. The van der Waals surface area contributed by atoms with Crippen molar-refractivity contribution in [3.8, 4) is 61.8 Å². The lowest BCUT2D eigenvalue weighted by molar-refractivity contribution is 0.669. The Morgan fingerprint density at radius 1 is 0.471 bits per heavy atom. The third kappa shape index (κ3) is 7.13. The van der Waals surface area contributed by atoms with Crippen LogP contribution < -0.4 is 0 Å². The van der Waals surface area contributed by atoms with Crippen LogP contribution in [0.4, 0.5) is 0 Å². The Kier molecular flexibility index (Phi) is 10.00. The van der Waals surface area contributed by atoms with Crippen molar-refractivity contribution < 1.29 is 4.42 Å². The second-order valence-corrected chi connectivity index (χ2v) is 18.7. The fourth-order valence-electron chi connectivity index (χ4n) is 9.97. The number of allylic oxidation sites excluding steroid dienone is 5. The number of benzene rings is 9. The van der Waals surface area contributed by atoms with E-state index >= 15 is 0 Å². The van der Waals surface area contributed by atoms with E-state index in [2.05, 4.69) is 181 Å². The molecule has 0 bridgehead atoms. The van der Waals surface area contributed by atoms with Crippen molar-refractivity contribution >= 4 is 80.8 Å². The van der Waals surface area contributed by atoms with E-state index in [4.69, 9.17) is 19.4 Å². The Hall–Kier alpha value is -8.97. The minimum absolute atomic E-state index is 0.603. The molecule has 0 fully saturated rings. The van der Waals surface area contributed by atoms with Gasteiger partial charge in [0.1, 0.15) is 11.2 Å². The quantitative estimate of drug-likeness (QED) is 0.135. The SMILES string of the molecule is C=C/C=C\C=C(/C)c1nc(-c2ccccc2)nc(-c2cccc(-c3cccc4oc5ccc(-c6ccc7c(c6)c6cc(-c8ccc9sc%10ccccc%10c9c8)ccc6n7-c6ccccc6)cc5c34)c2)n1. The van der Waals surface area contributed by atoms with Gasteiger partial charge in [0.25, 0.3) is 0 Å². The van der Waals surface area contributed by atoms with Crippen LogP contribution in [-0.2, 0) is 0 Å². The highest BCUT2D eigenvalue weighted by Crippen LogP contribution is 2.43. The molecule has 0 aliphatic carbocycles. The van der Waals surface area contributed by atoms with Gasteiger partial charge in [-0.2, -0.15) is 0 Å². The van der Waals surface area contributed by atoms with Crippen LogP contribution in [0.5, 0.6) is 0 Å². The molecule has 0 unspecified atom stereocenters. The van der Waals surface area contributed by atoms with Crippen LogP contribution in [0.1, 0.15) is 12.7 Å². The Morgan fingerprint density at radius 2 is 1.07 bits per heavy atom. The fraction of sp³-hybridized carbons (Fsp3) is 0.0156. The van der Waals surface area contributed by atoms with E-state index in [1.165, 1.54) is 47.6 Å². The van der Waals surface area contributed by atoms with Gasteiger partial charge < -0.3 is 8.98 Å². The zero-order valence-corrected chi connectivity index (χ0v) is 39.0. The minimum atomic E-state index is 0.603. The third-order valence-corrected chi connectivity index (χ3v) is 14.5. The van der Waals surface area contributed by atoms with Crippen molar-refractivity contribution in [1.82, 2.24) is 19.5 Å². The number of thiophene rings is 1. The number of rotatable bonds is 9. The summed E-state index contributed by atoms with van der Waals surface area (Å²) in [6.07, 6.45) is 7.59. The molecule has 9 aromatic carbocycles. The maximum atomic E-state index is 6.59. The summed E-state index contributed by atoms with van der Waals surface area (Å²) in [6, 6.07) is 71.5. The largest absolute Gasteiger partial charge is 0.456 e. The van der Waals surface area contributed by atoms with Crippen molar-refractivity contribution in [1.29, 1.82) is 0 Å². The Morgan fingerprint density at radius 3 is 1.83 bits per heavy atom. The molecule has 6 heteroatoms. The zero-order chi connectivity index (χ0) is 46.7. The van der Waals surface area contributed by atoms with E-state index in [1.54, 1.807) is 6.08 Å². The molecule has 4 heterocycles. The standard InChI is InChI=1S/C64H42N4OS/c1-3-4-7-16-40(2)62-65-63(41-17-8-5-9-18-41)67-64(66-62)47-20-14-19-46(35-47)49-24-15-25-58-61(49)54-39-44(29-33-57(54)69-58)42-27-31-55-51(36-42)52-37-43(28-32-56(52)68(55)48-21-10-6-11-22-48)45-30-34-60-53(38-45)50-23-12-13-26-59(50)70-60/h3-39H,1H2,2H3/b7-4-,40-16+. The van der Waals surface area contributed by atoms with E-state index in [0.29, 0.717) is 17.5 Å². The third-order valence-electron chi connectivity index (χ3n) is 13.4. The topological polar surface area (TPSA) is 56.7 Å². The van der Waals surface area contributed by atoms with Gasteiger partial charge in [0.2, 0.25) is 0 Å². The monoisotopic (exact) mass is 914 g/mol. The van der Waals surface area contributed by atoms with Gasteiger partial charge in [0.15, 0.2) is 17.5 Å². The summed E-state index contributed by atoms with van der Waals surface area (Å²) < 4.78 is 11.6. The van der Waals surface area contributed by atoms with Crippen molar-refractivity contribution in [2.24, 2.45) is 0 Å². The van der Waals surface area contributed by atoms with Gasteiger partial charge in [0.05, 0.1) is 11.0 Å². The number of hydrogen-bond acceptors (Lipinski definition) is 5. The number of hydrogen-bond donors (Lipinski definition) is 0. The molecule has 70 heavy (non-hydrogen) atoms. The Bertz CT molecular complexity index is 4270. The summed E-state index contributed by atoms with van der Waals surface area (Å²) in [7, 11) is 0. The highest BCUT2D eigenvalue weighted by atomic mass is 32.1. The molecular formula is C64H42N4OS. The number of aromatic nitrogens is 4. The van der Waals surface area contributed by atoms with Crippen LogP contribution in [0.3, 0.4) is 0 Å². The lowest BCUT2D eigenvalue weighted by atomic mass is 9.95. The van der Waals surface area contributed by atoms with Crippen molar-refractivity contribution in [3.05, 3.63) is 237 Å². The number of para-hydroxylation sites is 1. The molecular weight excluding hydrogens is 873 g/mol. The van der Waals surface area contributed by atoms with Gasteiger partial charge >= 0.3 is 0 Å². The molecule has 13 aromatic rings. The van der Waals surface area contributed by atoms with E-state index < -0.39 is 0 Å². The van der Waals surface area contributed by atoms with E-state index in [1.807, 2.05) is 66.8 Å². The van der Waals surface area contributed by atoms with Crippen LogP contribution in [0.25, 0.3) is 131 Å². The van der Waals surface area contributed by atoms with Crippen LogP contribution in [-0.4, -0.2) is 19.5 Å². The van der Waals surface area contributed by atoms with Gasteiger partial charge in [-0.1, -0.05) is 152 Å². The lowest BCUT2D eigenvalue weighted by Crippen LogP contribution is -2.02. The highest BCUT2D eigenvalue weighted by Gasteiger charge is 2.19. The first-order valence-electron chi connectivity index (χ1n) is 23.4. The average Bonchev–Trinajstić information content (AvgIpc) is 4.10. The zero-order valence-electron chi connectivity index (χ0n) is 38.2. The van der Waals surface area contributed by atoms with Crippen LogP contribution >= 0.6 is 11.3 Å². The van der Waals surface area contributed by atoms with Crippen LogP contribution in [0.2, 0.25) is 0 Å². The lowest BCUT2D eigenvalue weighted by Gasteiger charge is -2.10. The van der Waals surface area contributed by atoms with Gasteiger partial charge in [-0.15, -0.1) is 11.3 Å². The average molecular weight is 915 g/mol. The Labute approximate surface area is 408 Å². The molecule has 0 N–H and O–H groups in total. The highest BCUT2D eigenvalue weighted by molar-refractivity contribution is 7.25. The van der Waals surface area contributed by atoms with Gasteiger partial charge in [-0.3, -0.25) is 0 Å². The van der Waals surface area contributed by atoms with E-state index in [9.17, 15) is 0 Å². The molecule has 0 spiro atoms. The van der Waals surface area contributed by atoms with Gasteiger partial charge in [0, 0.05) is 58.5 Å². The fourth-order valence-corrected chi connectivity index (χ4v) is 11.1. The summed E-state index contributed by atoms with van der Waals surface area (Å²) in [5.74, 6) is 1.84. The minimum Gasteiger partial charge on any atom is -0.456 e. The first-order valence-corrected chi connectivity index (χ1v) is 24.3. The second kappa shape index (κ2) is 17.0.